The van der Waals surface area contributed by atoms with Crippen LogP contribution in [-0.4, -0.2) is 35.7 Å². The summed E-state index contributed by atoms with van der Waals surface area (Å²) in [5, 5.41) is 10.00. The van der Waals surface area contributed by atoms with Crippen molar-refractivity contribution in [3.05, 3.63) is 65.5 Å². The largest absolute Gasteiger partial charge is 0.497 e. The molecule has 4 nitrogen and oxygen atoms in total. The predicted octanol–water partition coefficient (Wildman–Crippen LogP) is 3.10. The highest BCUT2D eigenvalue weighted by Gasteiger charge is 2.34. The molecule has 0 spiro atoms. The van der Waals surface area contributed by atoms with Gasteiger partial charge >= 0.3 is 0 Å². The smallest absolute Gasteiger partial charge is 0.223 e. The highest BCUT2D eigenvalue weighted by molar-refractivity contribution is 5.77. The number of hydrogen-bond acceptors (Lipinski definition) is 3. The molecule has 132 valence electrons. The van der Waals surface area contributed by atoms with Crippen LogP contribution >= 0.6 is 0 Å². The van der Waals surface area contributed by atoms with Crippen LogP contribution in [0.15, 0.2) is 48.5 Å². The van der Waals surface area contributed by atoms with Crippen LogP contribution in [0.2, 0.25) is 0 Å². The number of carbonyl (C=O) groups is 1. The van der Waals surface area contributed by atoms with Crippen molar-refractivity contribution in [3.63, 3.8) is 0 Å². The molecule has 5 heteroatoms. The van der Waals surface area contributed by atoms with Crippen LogP contribution in [0, 0.1) is 5.82 Å². The van der Waals surface area contributed by atoms with Gasteiger partial charge in [-0.2, -0.15) is 0 Å². The number of ether oxygens (including phenoxy) is 1. The molecule has 2 aromatic rings. The van der Waals surface area contributed by atoms with E-state index in [2.05, 4.69) is 0 Å². The quantitative estimate of drug-likeness (QED) is 0.908. The van der Waals surface area contributed by atoms with E-state index in [0.717, 1.165) is 16.9 Å². The van der Waals surface area contributed by atoms with Crippen molar-refractivity contribution < 1.29 is 19.0 Å². The Morgan fingerprint density at radius 3 is 2.52 bits per heavy atom. The first kappa shape index (κ1) is 17.4. The number of β-amino-alcohol motifs (C(OH)–C–C–N with tert-alkyl or cyclic N) is 1. The molecule has 1 saturated heterocycles. The molecule has 3 rings (SSSR count). The number of benzene rings is 2. The highest BCUT2D eigenvalue weighted by atomic mass is 19.1. The van der Waals surface area contributed by atoms with Gasteiger partial charge in [0, 0.05) is 13.0 Å². The number of likely N-dealkylation sites (tertiary alicyclic amines) is 1. The van der Waals surface area contributed by atoms with Crippen LogP contribution in [0.25, 0.3) is 0 Å². The first-order chi connectivity index (χ1) is 12.1. The summed E-state index contributed by atoms with van der Waals surface area (Å²) >= 11 is 0. The van der Waals surface area contributed by atoms with Crippen molar-refractivity contribution in [2.75, 3.05) is 13.7 Å². The Bertz CT molecular complexity index is 715. The van der Waals surface area contributed by atoms with Crippen LogP contribution in [0.5, 0.6) is 5.75 Å². The summed E-state index contributed by atoms with van der Waals surface area (Å²) < 4.78 is 18.3. The number of aliphatic hydroxyl groups is 1. The molecule has 0 aromatic heterocycles. The van der Waals surface area contributed by atoms with Gasteiger partial charge in [-0.1, -0.05) is 24.3 Å². The summed E-state index contributed by atoms with van der Waals surface area (Å²) in [4.78, 5) is 14.4. The van der Waals surface area contributed by atoms with Gasteiger partial charge in [0.25, 0.3) is 0 Å². The fraction of sp³-hybridized carbons (Fsp3) is 0.350. The zero-order valence-corrected chi connectivity index (χ0v) is 14.2. The Morgan fingerprint density at radius 2 is 1.88 bits per heavy atom. The molecule has 0 bridgehead atoms. The van der Waals surface area contributed by atoms with E-state index in [1.165, 1.54) is 12.1 Å². The Balaban J connectivity index is 1.65. The third-order valence-corrected chi connectivity index (χ3v) is 4.64. The molecule has 2 atom stereocenters. The maximum Gasteiger partial charge on any atom is 0.223 e. The molecule has 25 heavy (non-hydrogen) atoms. The van der Waals surface area contributed by atoms with Gasteiger partial charge in [-0.25, -0.2) is 4.39 Å². The van der Waals surface area contributed by atoms with E-state index in [9.17, 15) is 14.3 Å². The van der Waals surface area contributed by atoms with Gasteiger partial charge in [-0.15, -0.1) is 0 Å². The second-order valence-electron chi connectivity index (χ2n) is 6.35. The standard InChI is InChI=1S/C20H22FNO3/c1-25-18-9-2-14(3-10-18)4-11-20(24)22-13-17(23)12-19(22)15-5-7-16(21)8-6-15/h2-3,5-10,17,19,23H,4,11-13H2,1H3. The minimum Gasteiger partial charge on any atom is -0.497 e. The minimum atomic E-state index is -0.542. The molecule has 1 N–H and O–H groups in total. The average Bonchev–Trinajstić information content (AvgIpc) is 3.02. The first-order valence-corrected chi connectivity index (χ1v) is 8.42. The predicted molar refractivity (Wildman–Crippen MR) is 92.8 cm³/mol. The van der Waals surface area contributed by atoms with E-state index in [0.29, 0.717) is 25.8 Å². The first-order valence-electron chi connectivity index (χ1n) is 8.42. The number of aryl methyl sites for hydroxylation is 1. The Labute approximate surface area is 146 Å². The molecule has 0 aliphatic carbocycles. The van der Waals surface area contributed by atoms with Gasteiger partial charge in [0.1, 0.15) is 11.6 Å². The van der Waals surface area contributed by atoms with Crippen molar-refractivity contribution in [1.29, 1.82) is 0 Å². The fourth-order valence-corrected chi connectivity index (χ4v) is 3.28. The lowest BCUT2D eigenvalue weighted by molar-refractivity contribution is -0.132. The number of carbonyl (C=O) groups excluding carboxylic acids is 1. The Morgan fingerprint density at radius 1 is 1.20 bits per heavy atom. The number of aliphatic hydroxyl groups excluding tert-OH is 1. The summed E-state index contributed by atoms with van der Waals surface area (Å²) in [7, 11) is 1.62. The fourth-order valence-electron chi connectivity index (χ4n) is 3.28. The van der Waals surface area contributed by atoms with E-state index in [1.807, 2.05) is 24.3 Å². The van der Waals surface area contributed by atoms with Gasteiger partial charge < -0.3 is 14.7 Å². The molecule has 1 aliphatic heterocycles. The van der Waals surface area contributed by atoms with Crippen LogP contribution in [-0.2, 0) is 11.2 Å². The average molecular weight is 343 g/mol. The van der Waals surface area contributed by atoms with Gasteiger partial charge in [0.2, 0.25) is 5.91 Å². The summed E-state index contributed by atoms with van der Waals surface area (Å²) in [6.07, 6.45) is 0.947. The van der Waals surface area contributed by atoms with E-state index in [1.54, 1.807) is 24.1 Å². The van der Waals surface area contributed by atoms with E-state index in [4.69, 9.17) is 4.74 Å². The Kier molecular flexibility index (Phi) is 5.34. The molecule has 1 fully saturated rings. The molecular formula is C20H22FNO3. The maximum atomic E-state index is 13.1. The van der Waals surface area contributed by atoms with E-state index >= 15 is 0 Å². The third kappa shape index (κ3) is 4.17. The molecule has 0 saturated carbocycles. The topological polar surface area (TPSA) is 49.8 Å². The van der Waals surface area contributed by atoms with E-state index < -0.39 is 6.10 Å². The molecule has 1 aliphatic rings. The number of methoxy groups -OCH3 is 1. The monoisotopic (exact) mass is 343 g/mol. The number of nitrogens with zero attached hydrogens (tertiary/aromatic N) is 1. The number of halogens is 1. The van der Waals surface area contributed by atoms with Gasteiger partial charge in [0.05, 0.1) is 19.3 Å². The summed E-state index contributed by atoms with van der Waals surface area (Å²) in [5.74, 6) is 0.482. The van der Waals surface area contributed by atoms with Crippen LogP contribution in [0.1, 0.15) is 30.0 Å². The van der Waals surface area contributed by atoms with E-state index in [-0.39, 0.29) is 17.8 Å². The normalized spacial score (nSPS) is 19.9. The lowest BCUT2D eigenvalue weighted by atomic mass is 10.0. The second kappa shape index (κ2) is 7.66. The van der Waals surface area contributed by atoms with Gasteiger partial charge in [-0.3, -0.25) is 4.79 Å². The molecule has 2 aromatic carbocycles. The van der Waals surface area contributed by atoms with Crippen LogP contribution < -0.4 is 4.74 Å². The lowest BCUT2D eigenvalue weighted by Crippen LogP contribution is -2.31. The van der Waals surface area contributed by atoms with Crippen molar-refractivity contribution in [3.8, 4) is 5.75 Å². The molecule has 0 radical (unpaired) electrons. The Hall–Kier alpha value is -2.40. The third-order valence-electron chi connectivity index (χ3n) is 4.64. The zero-order valence-electron chi connectivity index (χ0n) is 14.2. The minimum absolute atomic E-state index is 0.00157. The zero-order chi connectivity index (χ0) is 17.8. The van der Waals surface area contributed by atoms with Crippen molar-refractivity contribution >= 4 is 5.91 Å². The SMILES string of the molecule is COc1ccc(CCC(=O)N2CC(O)CC2c2ccc(F)cc2)cc1. The molecule has 2 unspecified atom stereocenters. The van der Waals surface area contributed by atoms with Crippen molar-refractivity contribution in [2.45, 2.75) is 31.4 Å². The maximum absolute atomic E-state index is 13.1. The number of hydrogen-bond donors (Lipinski definition) is 1. The molecular weight excluding hydrogens is 321 g/mol. The summed E-state index contributed by atoms with van der Waals surface area (Å²) in [6.45, 7) is 0.323. The molecule has 1 amide bonds. The highest BCUT2D eigenvalue weighted by Crippen LogP contribution is 2.33. The second-order valence-corrected chi connectivity index (χ2v) is 6.35. The number of amides is 1. The molecule has 1 heterocycles. The van der Waals surface area contributed by atoms with Gasteiger partial charge in [-0.05, 0) is 48.2 Å². The lowest BCUT2D eigenvalue weighted by Gasteiger charge is -2.25. The number of rotatable bonds is 5. The summed E-state index contributed by atoms with van der Waals surface area (Å²) in [5.41, 5.74) is 1.92. The van der Waals surface area contributed by atoms with Crippen LogP contribution in [0.4, 0.5) is 4.39 Å². The summed E-state index contributed by atoms with van der Waals surface area (Å²) in [6, 6.07) is 13.6. The van der Waals surface area contributed by atoms with Crippen molar-refractivity contribution in [1.82, 2.24) is 4.90 Å². The van der Waals surface area contributed by atoms with Crippen molar-refractivity contribution in [2.24, 2.45) is 0 Å². The van der Waals surface area contributed by atoms with Crippen LogP contribution in [0.3, 0.4) is 0 Å². The van der Waals surface area contributed by atoms with Gasteiger partial charge in [0.15, 0.2) is 0 Å².